The molecule has 3 nitrogen and oxygen atoms in total. The van der Waals surface area contributed by atoms with Gasteiger partial charge >= 0.3 is 0 Å². The van der Waals surface area contributed by atoms with Crippen molar-refractivity contribution < 1.29 is 4.79 Å². The number of carbonyl (C=O) groups is 1. The summed E-state index contributed by atoms with van der Waals surface area (Å²) in [6.07, 6.45) is 6.03. The Bertz CT molecular complexity index is 645. The molecule has 0 aliphatic heterocycles. The highest BCUT2D eigenvalue weighted by Crippen LogP contribution is 2.14. The zero-order valence-corrected chi connectivity index (χ0v) is 13.2. The van der Waals surface area contributed by atoms with Gasteiger partial charge in [0.05, 0.1) is 5.69 Å². The summed E-state index contributed by atoms with van der Waals surface area (Å²) in [6.45, 7) is 3.73. The normalized spacial score (nSPS) is 11.0. The second kappa shape index (κ2) is 8.23. The molecule has 1 heterocycles. The molecule has 114 valence electrons. The van der Waals surface area contributed by atoms with Crippen molar-refractivity contribution in [2.75, 3.05) is 0 Å². The minimum absolute atomic E-state index is 0.0125. The van der Waals surface area contributed by atoms with Crippen LogP contribution in [-0.2, 0) is 12.8 Å². The van der Waals surface area contributed by atoms with Crippen LogP contribution < -0.4 is 0 Å². The van der Waals surface area contributed by atoms with Crippen LogP contribution >= 0.6 is 0 Å². The molecule has 2 aromatic rings. The van der Waals surface area contributed by atoms with E-state index >= 15 is 0 Å². The van der Waals surface area contributed by atoms with E-state index < -0.39 is 0 Å². The molecular formula is C19H22N2O. The molecule has 0 unspecified atom stereocenters. The number of unbranched alkanes of at least 4 members (excludes halogenated alkanes) is 1. The van der Waals surface area contributed by atoms with Crippen LogP contribution in [0.2, 0.25) is 0 Å². The van der Waals surface area contributed by atoms with Crippen molar-refractivity contribution in [1.29, 1.82) is 0 Å². The number of hydrogen-bond donors (Lipinski definition) is 0. The first-order chi connectivity index (χ1) is 10.7. The first-order valence-electron chi connectivity index (χ1n) is 7.77. The van der Waals surface area contributed by atoms with Gasteiger partial charge in [-0.3, -0.25) is 9.79 Å². The van der Waals surface area contributed by atoms with E-state index in [1.165, 1.54) is 25.3 Å². The highest BCUT2D eigenvalue weighted by Gasteiger charge is 2.01. The van der Waals surface area contributed by atoms with Crippen LogP contribution in [-0.4, -0.2) is 17.0 Å². The third-order valence-electron chi connectivity index (χ3n) is 3.46. The van der Waals surface area contributed by atoms with Crippen molar-refractivity contribution in [2.45, 2.75) is 39.5 Å². The maximum Gasteiger partial charge on any atom is 0.178 e. The summed E-state index contributed by atoms with van der Waals surface area (Å²) in [6, 6.07) is 13.9. The van der Waals surface area contributed by atoms with Gasteiger partial charge in [-0.15, -0.1) is 0 Å². The summed E-state index contributed by atoms with van der Waals surface area (Å²) in [7, 11) is 0. The topological polar surface area (TPSA) is 42.3 Å². The molecule has 0 spiro atoms. The van der Waals surface area contributed by atoms with Crippen molar-refractivity contribution in [3.63, 3.8) is 0 Å². The fraction of sp³-hybridized carbons (Fsp3) is 0.316. The largest absolute Gasteiger partial charge is 0.293 e. The second-order valence-corrected chi connectivity index (χ2v) is 5.36. The molecule has 1 aromatic carbocycles. The molecule has 1 aromatic heterocycles. The van der Waals surface area contributed by atoms with E-state index in [1.807, 2.05) is 30.5 Å². The molecule has 0 aliphatic rings. The Morgan fingerprint density at radius 3 is 2.64 bits per heavy atom. The standard InChI is InChI=1S/C19H22N2O/c1-3-4-6-16-9-11-17(12-10-16)20-14-13-18-7-5-8-19(21-18)15(2)22/h5,7-12,14H,3-4,6,13H2,1-2H3. The Hall–Kier alpha value is -2.29. The summed E-state index contributed by atoms with van der Waals surface area (Å²) in [5, 5.41) is 0. The Morgan fingerprint density at radius 1 is 1.18 bits per heavy atom. The average molecular weight is 294 g/mol. The van der Waals surface area contributed by atoms with Gasteiger partial charge in [0.2, 0.25) is 0 Å². The fourth-order valence-electron chi connectivity index (χ4n) is 2.16. The predicted molar refractivity (Wildman–Crippen MR) is 91.2 cm³/mol. The second-order valence-electron chi connectivity index (χ2n) is 5.36. The third kappa shape index (κ3) is 4.92. The van der Waals surface area contributed by atoms with Gasteiger partial charge in [0, 0.05) is 25.3 Å². The number of pyridine rings is 1. The molecule has 0 saturated heterocycles. The van der Waals surface area contributed by atoms with Gasteiger partial charge in [-0.1, -0.05) is 31.5 Å². The number of aryl methyl sites for hydroxylation is 1. The lowest BCUT2D eigenvalue weighted by Crippen LogP contribution is -2.00. The van der Waals surface area contributed by atoms with Gasteiger partial charge in [0.1, 0.15) is 5.69 Å². The number of hydrogen-bond acceptors (Lipinski definition) is 3. The summed E-state index contributed by atoms with van der Waals surface area (Å²) in [5.41, 5.74) is 3.67. The predicted octanol–water partition coefficient (Wildman–Crippen LogP) is 4.57. The lowest BCUT2D eigenvalue weighted by molar-refractivity contribution is 0.101. The van der Waals surface area contributed by atoms with Gasteiger partial charge in [0.25, 0.3) is 0 Å². The molecule has 0 radical (unpaired) electrons. The highest BCUT2D eigenvalue weighted by molar-refractivity contribution is 5.92. The average Bonchev–Trinajstić information content (AvgIpc) is 2.54. The summed E-state index contributed by atoms with van der Waals surface area (Å²) in [5.74, 6) is -0.0125. The van der Waals surface area contributed by atoms with Crippen LogP contribution in [0.4, 0.5) is 5.69 Å². The summed E-state index contributed by atoms with van der Waals surface area (Å²) < 4.78 is 0. The van der Waals surface area contributed by atoms with Crippen LogP contribution in [0.25, 0.3) is 0 Å². The number of benzene rings is 1. The molecule has 2 rings (SSSR count). The zero-order chi connectivity index (χ0) is 15.8. The van der Waals surface area contributed by atoms with Crippen molar-refractivity contribution in [1.82, 2.24) is 4.98 Å². The smallest absolute Gasteiger partial charge is 0.178 e. The van der Waals surface area contributed by atoms with Crippen molar-refractivity contribution in [3.8, 4) is 0 Å². The van der Waals surface area contributed by atoms with E-state index in [1.54, 1.807) is 6.07 Å². The van der Waals surface area contributed by atoms with Gasteiger partial charge in [-0.05, 0) is 42.7 Å². The van der Waals surface area contributed by atoms with Crippen LogP contribution in [0.5, 0.6) is 0 Å². The van der Waals surface area contributed by atoms with Crippen molar-refractivity contribution in [2.24, 2.45) is 4.99 Å². The van der Waals surface area contributed by atoms with Crippen LogP contribution in [0.1, 0.15) is 48.4 Å². The number of rotatable bonds is 7. The van der Waals surface area contributed by atoms with E-state index in [0.29, 0.717) is 12.1 Å². The number of nitrogens with zero attached hydrogens (tertiary/aromatic N) is 2. The first kappa shape index (κ1) is 16.1. The Morgan fingerprint density at radius 2 is 1.95 bits per heavy atom. The fourth-order valence-corrected chi connectivity index (χ4v) is 2.16. The molecule has 22 heavy (non-hydrogen) atoms. The molecule has 0 fully saturated rings. The molecule has 0 bridgehead atoms. The lowest BCUT2D eigenvalue weighted by atomic mass is 10.1. The van der Waals surface area contributed by atoms with Gasteiger partial charge in [-0.25, -0.2) is 4.98 Å². The molecule has 0 amide bonds. The SMILES string of the molecule is CCCCc1ccc(N=CCc2cccc(C(C)=O)n2)cc1. The molecule has 0 atom stereocenters. The summed E-state index contributed by atoms with van der Waals surface area (Å²) >= 11 is 0. The van der Waals surface area contributed by atoms with Crippen molar-refractivity contribution >= 4 is 17.7 Å². The number of carbonyl (C=O) groups excluding carboxylic acids is 1. The van der Waals surface area contributed by atoms with E-state index in [4.69, 9.17) is 0 Å². The van der Waals surface area contributed by atoms with E-state index in [2.05, 4.69) is 29.0 Å². The molecular weight excluding hydrogens is 272 g/mol. The highest BCUT2D eigenvalue weighted by atomic mass is 16.1. The lowest BCUT2D eigenvalue weighted by Gasteiger charge is -2.01. The van der Waals surface area contributed by atoms with Crippen LogP contribution in [0, 0.1) is 0 Å². The number of Topliss-reactive ketones (excluding diaryl/α,β-unsaturated/α-hetero) is 1. The van der Waals surface area contributed by atoms with E-state index in [0.717, 1.165) is 17.8 Å². The quantitative estimate of drug-likeness (QED) is 0.554. The Balaban J connectivity index is 1.94. The third-order valence-corrected chi connectivity index (χ3v) is 3.46. The number of ketones is 1. The Labute approximate surface area is 132 Å². The minimum Gasteiger partial charge on any atom is -0.293 e. The van der Waals surface area contributed by atoms with Gasteiger partial charge < -0.3 is 0 Å². The van der Waals surface area contributed by atoms with E-state index in [9.17, 15) is 4.79 Å². The van der Waals surface area contributed by atoms with E-state index in [-0.39, 0.29) is 5.78 Å². The van der Waals surface area contributed by atoms with Crippen LogP contribution in [0.15, 0.2) is 47.5 Å². The van der Waals surface area contributed by atoms with Crippen LogP contribution in [0.3, 0.4) is 0 Å². The Kier molecular flexibility index (Phi) is 6.01. The maximum absolute atomic E-state index is 11.3. The minimum atomic E-state index is -0.0125. The molecule has 3 heteroatoms. The monoisotopic (exact) mass is 294 g/mol. The van der Waals surface area contributed by atoms with Crippen molar-refractivity contribution in [3.05, 3.63) is 59.4 Å². The van der Waals surface area contributed by atoms with Gasteiger partial charge in [0.15, 0.2) is 5.78 Å². The van der Waals surface area contributed by atoms with Gasteiger partial charge in [-0.2, -0.15) is 0 Å². The number of aromatic nitrogens is 1. The zero-order valence-electron chi connectivity index (χ0n) is 13.2. The first-order valence-corrected chi connectivity index (χ1v) is 7.77. The molecule has 0 saturated carbocycles. The number of aliphatic imine (C=N–C) groups is 1. The summed E-state index contributed by atoms with van der Waals surface area (Å²) in [4.78, 5) is 20.1. The molecule has 0 aliphatic carbocycles. The maximum atomic E-state index is 11.3. The molecule has 0 N–H and O–H groups in total.